The van der Waals surface area contributed by atoms with Gasteiger partial charge in [0, 0.05) is 12.1 Å². The third-order valence-electron chi connectivity index (χ3n) is 10.3. The second-order valence-electron chi connectivity index (χ2n) is 14.3. The Hall–Kier alpha value is -4.96. The zero-order chi connectivity index (χ0) is 33.5. The number of rotatable bonds is 10. The number of hydrogen-bond acceptors (Lipinski definition) is 2. The minimum absolute atomic E-state index is 0.886. The Balaban J connectivity index is 1.04. The van der Waals surface area contributed by atoms with Crippen molar-refractivity contribution in [3.63, 3.8) is 0 Å². The summed E-state index contributed by atoms with van der Waals surface area (Å²) in [6.07, 6.45) is 13.5. The van der Waals surface area contributed by atoms with E-state index in [1.54, 1.807) is 0 Å². The van der Waals surface area contributed by atoms with E-state index in [4.69, 9.17) is 9.47 Å². The third-order valence-corrected chi connectivity index (χ3v) is 10.3. The fraction of sp³-hybridized carbons (Fsp3) is 0.289. The molecule has 0 unspecified atom stereocenters. The average molecular weight is 647 g/mol. The predicted molar refractivity (Wildman–Crippen MR) is 199 cm³/mol. The summed E-state index contributed by atoms with van der Waals surface area (Å²) >= 11 is 0. The van der Waals surface area contributed by atoms with Gasteiger partial charge in [-0.2, -0.15) is 0 Å². The maximum absolute atomic E-state index is 7.05. The highest BCUT2D eigenvalue weighted by Gasteiger charge is 2.72. The molecule has 0 N–H and O–H groups in total. The van der Waals surface area contributed by atoms with Gasteiger partial charge in [-0.25, -0.2) is 0 Å². The summed E-state index contributed by atoms with van der Waals surface area (Å²) in [5.41, 5.74) is 14.8. The molecule has 0 saturated heterocycles. The Labute approximate surface area is 291 Å². The van der Waals surface area contributed by atoms with Gasteiger partial charge < -0.3 is 9.47 Å². The molecule has 5 aromatic carbocycles. The molecule has 246 valence electrons. The number of fused-ring (bicyclic) bond motifs is 5. The number of para-hydroxylation sites is 2. The van der Waals surface area contributed by atoms with Crippen LogP contribution in [-0.2, 0) is 25.7 Å². The standard InChI is InChI=1S/C45H46N2O2/c1-31-17-21-35(22-18-31)11-5-7-13-37-25-33(3)43-39(27-37)29-46-41-15-9-10-16-42(41)47-30-40-28-38(26-34(4)44(40)49-45(46,47)48-43)14-8-6-12-36-23-19-32(2)20-24-36/h9-10,15-30H,5-8,11-14H2,1-4H3/q+2. The van der Waals surface area contributed by atoms with Crippen LogP contribution in [0.15, 0.2) is 97.1 Å². The maximum atomic E-state index is 7.05. The van der Waals surface area contributed by atoms with E-state index in [2.05, 4.69) is 146 Å². The minimum atomic E-state index is -1.15. The molecule has 4 nitrogen and oxygen atoms in total. The smallest absolute Gasteiger partial charge is 0.340 e. The van der Waals surface area contributed by atoms with Crippen LogP contribution in [0, 0.1) is 27.7 Å². The molecule has 5 aromatic rings. The summed E-state index contributed by atoms with van der Waals surface area (Å²) in [7, 11) is 0. The molecular formula is C45H46N2O2+2. The fourth-order valence-electron chi connectivity index (χ4n) is 7.70. The number of hydrogen-bond donors (Lipinski definition) is 0. The second-order valence-corrected chi connectivity index (χ2v) is 14.3. The third kappa shape index (κ3) is 5.99. The van der Waals surface area contributed by atoms with Crippen LogP contribution in [0.3, 0.4) is 0 Å². The Bertz CT molecular complexity index is 1950. The van der Waals surface area contributed by atoms with Crippen molar-refractivity contribution in [2.45, 2.75) is 85.1 Å². The molecule has 0 bridgehead atoms. The summed E-state index contributed by atoms with van der Waals surface area (Å²) in [4.78, 5) is 0. The van der Waals surface area contributed by atoms with Crippen molar-refractivity contribution in [1.82, 2.24) is 0 Å². The molecule has 0 aromatic heterocycles. The first-order chi connectivity index (χ1) is 23.9. The van der Waals surface area contributed by atoms with E-state index in [1.165, 1.54) is 46.2 Å². The normalized spacial score (nSPS) is 14.7. The average Bonchev–Trinajstić information content (AvgIpc) is 3.37. The van der Waals surface area contributed by atoms with E-state index in [0.29, 0.717) is 0 Å². The second kappa shape index (κ2) is 12.8. The lowest BCUT2D eigenvalue weighted by atomic mass is 9.98. The summed E-state index contributed by atoms with van der Waals surface area (Å²) < 4.78 is 18.5. The highest BCUT2D eigenvalue weighted by molar-refractivity contribution is 5.86. The molecular weight excluding hydrogens is 601 g/mol. The molecule has 3 aliphatic rings. The Morgan fingerprint density at radius 3 is 1.27 bits per heavy atom. The number of aryl methyl sites for hydroxylation is 8. The van der Waals surface area contributed by atoms with Gasteiger partial charge in [0.05, 0.1) is 11.1 Å². The lowest BCUT2D eigenvalue weighted by molar-refractivity contribution is -0.831. The van der Waals surface area contributed by atoms with Crippen LogP contribution in [0.25, 0.3) is 0 Å². The van der Waals surface area contributed by atoms with Gasteiger partial charge in [0.2, 0.25) is 0 Å². The van der Waals surface area contributed by atoms with Crippen LogP contribution in [0.1, 0.15) is 81.3 Å². The molecule has 0 fully saturated rings. The minimum Gasteiger partial charge on any atom is -0.340 e. The molecule has 0 radical (unpaired) electrons. The lowest BCUT2D eigenvalue weighted by Gasteiger charge is -2.28. The van der Waals surface area contributed by atoms with Crippen molar-refractivity contribution < 1.29 is 18.6 Å². The highest BCUT2D eigenvalue weighted by Crippen LogP contribution is 2.49. The van der Waals surface area contributed by atoms with Crippen molar-refractivity contribution in [3.8, 4) is 11.5 Å². The Morgan fingerprint density at radius 2 is 0.857 bits per heavy atom. The van der Waals surface area contributed by atoms with Gasteiger partial charge in [-0.3, -0.25) is 0 Å². The van der Waals surface area contributed by atoms with Gasteiger partial charge in [0.25, 0.3) is 11.4 Å². The Morgan fingerprint density at radius 1 is 0.469 bits per heavy atom. The topological polar surface area (TPSA) is 24.5 Å². The number of unbranched alkanes of at least 4 members (excludes halogenated alkanes) is 2. The van der Waals surface area contributed by atoms with Gasteiger partial charge in [-0.1, -0.05) is 83.9 Å². The molecule has 3 heterocycles. The van der Waals surface area contributed by atoms with Crippen molar-refractivity contribution >= 4 is 23.8 Å². The van der Waals surface area contributed by atoms with Crippen molar-refractivity contribution in [2.75, 3.05) is 0 Å². The zero-order valence-corrected chi connectivity index (χ0v) is 29.3. The quantitative estimate of drug-likeness (QED) is 0.111. The van der Waals surface area contributed by atoms with Crippen LogP contribution in [0.2, 0.25) is 0 Å². The van der Waals surface area contributed by atoms with Gasteiger partial charge >= 0.3 is 6.03 Å². The molecule has 0 aliphatic carbocycles. The van der Waals surface area contributed by atoms with E-state index in [9.17, 15) is 0 Å². The largest absolute Gasteiger partial charge is 0.715 e. The van der Waals surface area contributed by atoms with Crippen LogP contribution in [0.4, 0.5) is 11.4 Å². The van der Waals surface area contributed by atoms with Crippen molar-refractivity contribution in [3.05, 3.63) is 153 Å². The monoisotopic (exact) mass is 646 g/mol. The molecule has 1 spiro atoms. The molecule has 8 rings (SSSR count). The van der Waals surface area contributed by atoms with E-state index >= 15 is 0 Å². The molecule has 49 heavy (non-hydrogen) atoms. The van der Waals surface area contributed by atoms with Crippen LogP contribution < -0.4 is 9.47 Å². The first-order valence-corrected chi connectivity index (χ1v) is 18.0. The Kier molecular flexibility index (Phi) is 8.19. The molecule has 0 saturated carbocycles. The van der Waals surface area contributed by atoms with Gasteiger partial charge in [0.15, 0.2) is 23.9 Å². The molecule has 4 heteroatoms. The van der Waals surface area contributed by atoms with E-state index < -0.39 is 6.03 Å². The molecule has 0 atom stereocenters. The fourth-order valence-corrected chi connectivity index (χ4v) is 7.70. The van der Waals surface area contributed by atoms with Crippen LogP contribution in [0.5, 0.6) is 11.5 Å². The highest BCUT2D eigenvalue weighted by atomic mass is 16.7. The predicted octanol–water partition coefficient (Wildman–Crippen LogP) is 9.99. The lowest BCUT2D eigenvalue weighted by Crippen LogP contribution is -2.59. The number of nitrogens with zero attached hydrogens (tertiary/aromatic N) is 2. The SMILES string of the molecule is Cc1ccc(CCCCc2cc(C)c3c(c2)C=[N+]2c4ccccc4[N+]4=Cc5cc(CCCCc6ccc(C)cc6)cc(C)c5OC24O3)cc1. The summed E-state index contributed by atoms with van der Waals surface area (Å²) in [6, 6.07) is 34.5. The zero-order valence-electron chi connectivity index (χ0n) is 29.3. The van der Waals surface area contributed by atoms with Gasteiger partial charge in [0.1, 0.15) is 0 Å². The van der Waals surface area contributed by atoms with Crippen molar-refractivity contribution in [2.24, 2.45) is 0 Å². The van der Waals surface area contributed by atoms with Crippen molar-refractivity contribution in [1.29, 1.82) is 0 Å². The number of benzene rings is 5. The molecule has 0 amide bonds. The molecule has 3 aliphatic heterocycles. The van der Waals surface area contributed by atoms with Gasteiger partial charge in [-0.15, -0.1) is 0 Å². The van der Waals surface area contributed by atoms with Crippen LogP contribution >= 0.6 is 0 Å². The van der Waals surface area contributed by atoms with E-state index in [0.717, 1.165) is 83.7 Å². The van der Waals surface area contributed by atoms with E-state index in [-0.39, 0.29) is 0 Å². The van der Waals surface area contributed by atoms with E-state index in [1.807, 2.05) is 0 Å². The first-order valence-electron chi connectivity index (χ1n) is 18.0. The number of ether oxygens (including phenoxy) is 2. The summed E-state index contributed by atoms with van der Waals surface area (Å²) in [5, 5.41) is 0. The van der Waals surface area contributed by atoms with Crippen LogP contribution in [-0.4, -0.2) is 27.6 Å². The summed E-state index contributed by atoms with van der Waals surface area (Å²) in [6.45, 7) is 8.62. The maximum Gasteiger partial charge on any atom is 0.715 e. The first kappa shape index (κ1) is 31.3. The summed E-state index contributed by atoms with van der Waals surface area (Å²) in [5.74, 6) is 1.77. The van der Waals surface area contributed by atoms with Gasteiger partial charge in [-0.05, 0) is 134 Å².